The number of nitrogens with zero attached hydrogens (tertiary/aromatic N) is 1. The monoisotopic (exact) mass is 250 g/mol. The number of benzene rings is 1. The Morgan fingerprint density at radius 2 is 2.28 bits per heavy atom. The zero-order valence-corrected chi connectivity index (χ0v) is 10.4. The average molecular weight is 250 g/mol. The molecule has 4 nitrogen and oxygen atoms in total. The van der Waals surface area contributed by atoms with Gasteiger partial charge >= 0.3 is 0 Å². The first-order valence-corrected chi connectivity index (χ1v) is 5.73. The molecule has 1 aromatic carbocycles. The van der Waals surface area contributed by atoms with Crippen LogP contribution in [-0.4, -0.2) is 18.6 Å². The van der Waals surface area contributed by atoms with E-state index in [1.165, 1.54) is 13.2 Å². The van der Waals surface area contributed by atoms with Gasteiger partial charge in [-0.2, -0.15) is 0 Å². The van der Waals surface area contributed by atoms with Gasteiger partial charge < -0.3 is 14.5 Å². The molecule has 0 unspecified atom stereocenters. The normalized spacial score (nSPS) is 10.6. The molecule has 0 atom stereocenters. The lowest BCUT2D eigenvalue weighted by Gasteiger charge is -2.02. The fourth-order valence-electron chi connectivity index (χ4n) is 1.57. The summed E-state index contributed by atoms with van der Waals surface area (Å²) in [4.78, 5) is 4.28. The van der Waals surface area contributed by atoms with Crippen molar-refractivity contribution in [3.63, 3.8) is 0 Å². The molecule has 0 aliphatic heterocycles. The van der Waals surface area contributed by atoms with Crippen molar-refractivity contribution < 1.29 is 13.5 Å². The van der Waals surface area contributed by atoms with Gasteiger partial charge in [-0.25, -0.2) is 9.37 Å². The van der Waals surface area contributed by atoms with Crippen LogP contribution in [0.1, 0.15) is 12.6 Å². The molecule has 2 aromatic rings. The molecular weight excluding hydrogens is 235 g/mol. The van der Waals surface area contributed by atoms with Gasteiger partial charge in [-0.15, -0.1) is 0 Å². The van der Waals surface area contributed by atoms with Crippen molar-refractivity contribution in [1.82, 2.24) is 10.3 Å². The van der Waals surface area contributed by atoms with Crippen molar-refractivity contribution in [3.05, 3.63) is 36.0 Å². The molecule has 18 heavy (non-hydrogen) atoms. The second-order valence-corrected chi connectivity index (χ2v) is 3.77. The van der Waals surface area contributed by atoms with Crippen LogP contribution in [0.4, 0.5) is 4.39 Å². The molecule has 96 valence electrons. The summed E-state index contributed by atoms with van der Waals surface area (Å²) >= 11 is 0. The highest BCUT2D eigenvalue weighted by molar-refractivity contribution is 5.55. The minimum Gasteiger partial charge on any atom is -0.494 e. The molecule has 0 bridgehead atoms. The Balaban J connectivity index is 2.20. The first kappa shape index (κ1) is 12.6. The van der Waals surface area contributed by atoms with Crippen LogP contribution in [0.25, 0.3) is 11.5 Å². The third-order valence-electron chi connectivity index (χ3n) is 2.51. The number of halogens is 1. The van der Waals surface area contributed by atoms with Gasteiger partial charge in [0, 0.05) is 12.1 Å². The molecule has 0 amide bonds. The number of oxazole rings is 1. The van der Waals surface area contributed by atoms with E-state index >= 15 is 0 Å². The molecule has 0 saturated heterocycles. The van der Waals surface area contributed by atoms with Gasteiger partial charge in [0.05, 0.1) is 12.8 Å². The number of hydrogen-bond acceptors (Lipinski definition) is 4. The van der Waals surface area contributed by atoms with Gasteiger partial charge in [0.25, 0.3) is 0 Å². The molecule has 5 heteroatoms. The van der Waals surface area contributed by atoms with Crippen LogP contribution in [0.5, 0.6) is 5.75 Å². The van der Waals surface area contributed by atoms with Crippen molar-refractivity contribution in [2.24, 2.45) is 0 Å². The summed E-state index contributed by atoms with van der Waals surface area (Å²) in [6, 6.07) is 4.62. The summed E-state index contributed by atoms with van der Waals surface area (Å²) in [5, 5.41) is 3.14. The topological polar surface area (TPSA) is 47.3 Å². The Bertz CT molecular complexity index is 525. The summed E-state index contributed by atoms with van der Waals surface area (Å²) in [6.45, 7) is 3.51. The van der Waals surface area contributed by atoms with Crippen LogP contribution < -0.4 is 10.1 Å². The molecule has 0 spiro atoms. The lowest BCUT2D eigenvalue weighted by molar-refractivity contribution is 0.386. The van der Waals surface area contributed by atoms with Crippen LogP contribution in [0.2, 0.25) is 0 Å². The fraction of sp³-hybridized carbons (Fsp3) is 0.308. The van der Waals surface area contributed by atoms with Crippen LogP contribution in [0, 0.1) is 5.82 Å². The lowest BCUT2D eigenvalue weighted by atomic mass is 10.2. The summed E-state index contributed by atoms with van der Waals surface area (Å²) < 4.78 is 23.7. The number of nitrogens with one attached hydrogen (secondary N) is 1. The zero-order valence-electron chi connectivity index (χ0n) is 10.4. The van der Waals surface area contributed by atoms with E-state index in [9.17, 15) is 4.39 Å². The quantitative estimate of drug-likeness (QED) is 0.886. The molecule has 1 N–H and O–H groups in total. The summed E-state index contributed by atoms with van der Waals surface area (Å²) in [5.41, 5.74) is 1.39. The van der Waals surface area contributed by atoms with E-state index in [1.54, 1.807) is 18.4 Å². The van der Waals surface area contributed by atoms with Crippen LogP contribution >= 0.6 is 0 Å². The maximum Gasteiger partial charge on any atom is 0.226 e. The first-order chi connectivity index (χ1) is 8.74. The predicted octanol–water partition coefficient (Wildman–Crippen LogP) is 2.60. The molecule has 1 heterocycles. The van der Waals surface area contributed by atoms with E-state index in [2.05, 4.69) is 10.3 Å². The molecule has 0 aliphatic carbocycles. The average Bonchev–Trinajstić information content (AvgIpc) is 2.85. The predicted molar refractivity (Wildman–Crippen MR) is 65.8 cm³/mol. The van der Waals surface area contributed by atoms with Gasteiger partial charge in [-0.3, -0.25) is 0 Å². The standard InChI is InChI=1S/C13H15FN2O2/c1-3-15-7-10-8-18-13(16-10)9-4-5-12(17-2)11(14)6-9/h4-6,8,15H,3,7H2,1-2H3. The van der Waals surface area contributed by atoms with Crippen molar-refractivity contribution in [2.45, 2.75) is 13.5 Å². The Labute approximate surface area is 105 Å². The molecule has 0 aliphatic rings. The van der Waals surface area contributed by atoms with Gasteiger partial charge in [0.2, 0.25) is 5.89 Å². The summed E-state index contributed by atoms with van der Waals surface area (Å²) in [6.07, 6.45) is 1.57. The van der Waals surface area contributed by atoms with Gasteiger partial charge in [0.1, 0.15) is 6.26 Å². The van der Waals surface area contributed by atoms with Crippen LogP contribution in [0.15, 0.2) is 28.9 Å². The van der Waals surface area contributed by atoms with Crippen molar-refractivity contribution in [3.8, 4) is 17.2 Å². The largest absolute Gasteiger partial charge is 0.494 e. The molecule has 0 radical (unpaired) electrons. The van der Waals surface area contributed by atoms with Crippen molar-refractivity contribution in [2.75, 3.05) is 13.7 Å². The Morgan fingerprint density at radius 1 is 1.44 bits per heavy atom. The van der Waals surface area contributed by atoms with E-state index < -0.39 is 5.82 Å². The van der Waals surface area contributed by atoms with Gasteiger partial charge in [-0.1, -0.05) is 6.92 Å². The maximum absolute atomic E-state index is 13.5. The van der Waals surface area contributed by atoms with E-state index in [-0.39, 0.29) is 5.75 Å². The molecule has 2 rings (SSSR count). The summed E-state index contributed by atoms with van der Waals surface area (Å²) in [7, 11) is 1.43. The van der Waals surface area contributed by atoms with E-state index in [0.717, 1.165) is 12.2 Å². The third kappa shape index (κ3) is 2.68. The highest BCUT2D eigenvalue weighted by Gasteiger charge is 2.10. The van der Waals surface area contributed by atoms with Crippen molar-refractivity contribution in [1.29, 1.82) is 0 Å². The van der Waals surface area contributed by atoms with Gasteiger partial charge in [0.15, 0.2) is 11.6 Å². The fourth-order valence-corrected chi connectivity index (χ4v) is 1.57. The minimum absolute atomic E-state index is 0.207. The van der Waals surface area contributed by atoms with Crippen LogP contribution in [-0.2, 0) is 6.54 Å². The molecule has 0 saturated carbocycles. The van der Waals surface area contributed by atoms with Crippen LogP contribution in [0.3, 0.4) is 0 Å². The van der Waals surface area contributed by atoms with Gasteiger partial charge in [-0.05, 0) is 24.7 Å². The lowest BCUT2D eigenvalue weighted by Crippen LogP contribution is -2.11. The highest BCUT2D eigenvalue weighted by atomic mass is 19.1. The number of rotatable bonds is 5. The number of hydrogen-bond donors (Lipinski definition) is 1. The van der Waals surface area contributed by atoms with E-state index in [4.69, 9.17) is 9.15 Å². The van der Waals surface area contributed by atoms with Crippen molar-refractivity contribution >= 4 is 0 Å². The number of methoxy groups -OCH3 is 1. The van der Waals surface area contributed by atoms with E-state index in [0.29, 0.717) is 18.0 Å². The first-order valence-electron chi connectivity index (χ1n) is 5.73. The maximum atomic E-state index is 13.5. The summed E-state index contributed by atoms with van der Waals surface area (Å²) in [5.74, 6) is 0.184. The highest BCUT2D eigenvalue weighted by Crippen LogP contribution is 2.24. The minimum atomic E-state index is -0.429. The smallest absolute Gasteiger partial charge is 0.226 e. The Morgan fingerprint density at radius 3 is 2.94 bits per heavy atom. The third-order valence-corrected chi connectivity index (χ3v) is 2.51. The number of aromatic nitrogens is 1. The second kappa shape index (κ2) is 5.64. The van der Waals surface area contributed by atoms with E-state index in [1.807, 2.05) is 6.92 Å². The Kier molecular flexibility index (Phi) is 3.94. The molecule has 0 fully saturated rings. The molecular formula is C13H15FN2O2. The second-order valence-electron chi connectivity index (χ2n) is 3.77. The Hall–Kier alpha value is -1.88. The number of ether oxygens (including phenoxy) is 1. The zero-order chi connectivity index (χ0) is 13.0. The molecule has 1 aromatic heterocycles. The SMILES string of the molecule is CCNCc1coc(-c2ccc(OC)c(F)c2)n1.